The van der Waals surface area contributed by atoms with Gasteiger partial charge in [0, 0.05) is 30.7 Å². The molecule has 1 aromatic carbocycles. The van der Waals surface area contributed by atoms with Gasteiger partial charge in [0.2, 0.25) is 6.19 Å². The predicted octanol–water partition coefficient (Wildman–Crippen LogP) is 4.51. The summed E-state index contributed by atoms with van der Waals surface area (Å²) in [6, 6.07) is 7.63. The van der Waals surface area contributed by atoms with Crippen molar-refractivity contribution < 1.29 is 14.2 Å². The van der Waals surface area contributed by atoms with Gasteiger partial charge in [-0.25, -0.2) is 0 Å². The van der Waals surface area contributed by atoms with E-state index in [4.69, 9.17) is 25.8 Å². The van der Waals surface area contributed by atoms with E-state index in [-0.39, 0.29) is 0 Å². The van der Waals surface area contributed by atoms with E-state index in [1.54, 1.807) is 0 Å². The van der Waals surface area contributed by atoms with E-state index >= 15 is 0 Å². The van der Waals surface area contributed by atoms with Crippen LogP contribution in [0.2, 0.25) is 5.02 Å². The molecule has 5 fully saturated rings. The summed E-state index contributed by atoms with van der Waals surface area (Å²) in [5.41, 5.74) is -0.458. The van der Waals surface area contributed by atoms with Crippen molar-refractivity contribution in [1.29, 1.82) is 5.26 Å². The zero-order valence-electron chi connectivity index (χ0n) is 21.5. The zero-order valence-corrected chi connectivity index (χ0v) is 22.3. The predicted molar refractivity (Wildman–Crippen MR) is 140 cm³/mol. The molecule has 0 amide bonds. The molecule has 5 aliphatic rings. The molecule has 4 saturated carbocycles. The Bertz CT molecular complexity index is 954. The molecule has 0 spiro atoms. The lowest BCUT2D eigenvalue weighted by molar-refractivity contribution is -0.112. The first-order chi connectivity index (χ1) is 17.4. The third-order valence-electron chi connectivity index (χ3n) is 8.69. The molecule has 1 aromatic rings. The van der Waals surface area contributed by atoms with Crippen LogP contribution in [0.1, 0.15) is 46.0 Å². The normalized spacial score (nSPS) is 32.3. The lowest BCUT2D eigenvalue weighted by Gasteiger charge is -2.60. The average molecular weight is 515 g/mol. The Morgan fingerprint density at radius 2 is 1.89 bits per heavy atom. The Morgan fingerprint density at radius 3 is 2.56 bits per heavy atom. The smallest absolute Gasteiger partial charge is 0.207 e. The van der Waals surface area contributed by atoms with Gasteiger partial charge in [0.1, 0.15) is 5.75 Å². The van der Waals surface area contributed by atoms with Crippen LogP contribution in [0.3, 0.4) is 0 Å². The summed E-state index contributed by atoms with van der Waals surface area (Å²) in [6.45, 7) is 10.3. The Labute approximate surface area is 220 Å². The molecule has 4 aliphatic carbocycles. The fraction of sp³-hybridized carbons (Fsp3) is 0.714. The number of nitrogens with one attached hydrogen (secondary N) is 1. The van der Waals surface area contributed by atoms with Crippen molar-refractivity contribution in [2.75, 3.05) is 46.1 Å². The van der Waals surface area contributed by atoms with Gasteiger partial charge < -0.3 is 19.5 Å². The van der Waals surface area contributed by atoms with Gasteiger partial charge in [-0.1, -0.05) is 11.6 Å². The van der Waals surface area contributed by atoms with Gasteiger partial charge in [-0.15, -0.1) is 0 Å². The number of hydrogen-bond donors (Lipinski definition) is 1. The minimum Gasteiger partial charge on any atom is -0.480 e. The molecule has 1 heterocycles. The fourth-order valence-corrected chi connectivity index (χ4v) is 7.43. The molecule has 1 saturated heterocycles. The standard InChI is InChI=1S/C28H39ClN4O3/c1-27(2,36-24-5-3-23(29)4-6-24)26(31-19-30)32-25-21-13-20-14-22(25)17-28(15-20,16-21)18-35-12-9-33-7-10-34-11-8-33/h3-6,20-22,25H,7-18H2,1-2H3,(H,31,32). The average Bonchev–Trinajstić information content (AvgIpc) is 2.85. The third kappa shape index (κ3) is 5.83. The number of nitrogens with zero attached hydrogens (tertiary/aromatic N) is 3. The number of rotatable bonds is 9. The van der Waals surface area contributed by atoms with Crippen molar-refractivity contribution in [3.63, 3.8) is 0 Å². The largest absolute Gasteiger partial charge is 0.480 e. The minimum absolute atomic E-state index is 0.307. The van der Waals surface area contributed by atoms with Gasteiger partial charge >= 0.3 is 0 Å². The SMILES string of the molecule is CC(C)(Oc1ccc(Cl)cc1)/C(=N/C#N)NC1C2CC3CC1CC(COCCN1CCOCC1)(C3)C2. The van der Waals surface area contributed by atoms with Crippen LogP contribution < -0.4 is 10.1 Å². The number of aliphatic imine (C=N–C) groups is 1. The second-order valence-corrected chi connectivity index (χ2v) is 12.2. The van der Waals surface area contributed by atoms with Crippen molar-refractivity contribution in [2.45, 2.75) is 57.6 Å². The van der Waals surface area contributed by atoms with Gasteiger partial charge in [-0.05, 0) is 93.4 Å². The van der Waals surface area contributed by atoms with Crippen LogP contribution in [0.25, 0.3) is 0 Å². The molecule has 196 valence electrons. The lowest BCUT2D eigenvalue weighted by Crippen LogP contribution is -2.62. The maximum atomic E-state index is 9.46. The molecule has 2 unspecified atom stereocenters. The molecule has 0 radical (unpaired) electrons. The van der Waals surface area contributed by atoms with Crippen LogP contribution >= 0.6 is 11.6 Å². The summed E-state index contributed by atoms with van der Waals surface area (Å²) in [7, 11) is 0. The van der Waals surface area contributed by atoms with Crippen molar-refractivity contribution >= 4 is 17.4 Å². The maximum absolute atomic E-state index is 9.46. The summed E-state index contributed by atoms with van der Waals surface area (Å²) in [5, 5.41) is 13.8. The van der Waals surface area contributed by atoms with Gasteiger partial charge in [0.15, 0.2) is 11.4 Å². The zero-order chi connectivity index (χ0) is 25.2. The highest BCUT2D eigenvalue weighted by Crippen LogP contribution is 2.60. The molecule has 7 nitrogen and oxygen atoms in total. The second-order valence-electron chi connectivity index (χ2n) is 11.8. The Hall–Kier alpha value is -1.85. The van der Waals surface area contributed by atoms with Gasteiger partial charge in [-0.3, -0.25) is 4.90 Å². The van der Waals surface area contributed by atoms with Crippen LogP contribution in [0.5, 0.6) is 5.75 Å². The van der Waals surface area contributed by atoms with Crippen LogP contribution in [-0.2, 0) is 9.47 Å². The van der Waals surface area contributed by atoms with Gasteiger partial charge in [-0.2, -0.15) is 10.3 Å². The van der Waals surface area contributed by atoms with Crippen molar-refractivity contribution in [1.82, 2.24) is 10.2 Å². The molecular formula is C28H39ClN4O3. The molecular weight excluding hydrogens is 476 g/mol. The van der Waals surface area contributed by atoms with E-state index in [2.05, 4.69) is 15.2 Å². The number of hydrogen-bond acceptors (Lipinski definition) is 6. The van der Waals surface area contributed by atoms with E-state index in [0.717, 1.165) is 52.0 Å². The molecule has 8 heteroatoms. The van der Waals surface area contributed by atoms with E-state index in [9.17, 15) is 5.26 Å². The van der Waals surface area contributed by atoms with Crippen LogP contribution in [0, 0.1) is 34.6 Å². The highest BCUT2D eigenvalue weighted by molar-refractivity contribution is 6.30. The van der Waals surface area contributed by atoms with Crippen molar-refractivity contribution in [2.24, 2.45) is 28.2 Å². The monoisotopic (exact) mass is 514 g/mol. The summed E-state index contributed by atoms with van der Waals surface area (Å²) in [5.74, 6) is 3.25. The van der Waals surface area contributed by atoms with Gasteiger partial charge in [0.25, 0.3) is 0 Å². The summed E-state index contributed by atoms with van der Waals surface area (Å²) < 4.78 is 18.0. The Balaban J connectivity index is 1.20. The number of ether oxygens (including phenoxy) is 3. The van der Waals surface area contributed by atoms with E-state index in [1.165, 1.54) is 32.1 Å². The highest BCUT2D eigenvalue weighted by atomic mass is 35.5. The first kappa shape index (κ1) is 25.8. The molecule has 0 aromatic heterocycles. The maximum Gasteiger partial charge on any atom is 0.207 e. The minimum atomic E-state index is -0.765. The number of morpholine rings is 1. The fourth-order valence-electron chi connectivity index (χ4n) is 7.31. The molecule has 6 rings (SSSR count). The third-order valence-corrected chi connectivity index (χ3v) is 8.94. The van der Waals surface area contributed by atoms with E-state index in [1.807, 2.05) is 44.3 Å². The lowest BCUT2D eigenvalue weighted by atomic mass is 9.48. The number of benzene rings is 1. The highest BCUT2D eigenvalue weighted by Gasteiger charge is 2.56. The van der Waals surface area contributed by atoms with E-state index < -0.39 is 5.60 Å². The quantitative estimate of drug-likeness (QED) is 0.226. The summed E-state index contributed by atoms with van der Waals surface area (Å²) in [6.07, 6.45) is 8.18. The van der Waals surface area contributed by atoms with Crippen molar-refractivity contribution in [3.8, 4) is 11.9 Å². The molecule has 1 N–H and O–H groups in total. The number of nitriles is 1. The van der Waals surface area contributed by atoms with Gasteiger partial charge in [0.05, 0.1) is 26.4 Å². The first-order valence-corrected chi connectivity index (χ1v) is 13.8. The first-order valence-electron chi connectivity index (χ1n) is 13.4. The Kier molecular flexibility index (Phi) is 7.78. The summed E-state index contributed by atoms with van der Waals surface area (Å²) in [4.78, 5) is 6.64. The topological polar surface area (TPSA) is 79.1 Å². The van der Waals surface area contributed by atoms with E-state index in [0.29, 0.717) is 39.9 Å². The molecule has 1 aliphatic heterocycles. The van der Waals surface area contributed by atoms with Crippen LogP contribution in [0.15, 0.2) is 29.3 Å². The number of halogens is 1. The molecule has 4 bridgehead atoms. The van der Waals surface area contributed by atoms with Crippen LogP contribution in [0.4, 0.5) is 0 Å². The van der Waals surface area contributed by atoms with Crippen LogP contribution in [-0.4, -0.2) is 68.4 Å². The van der Waals surface area contributed by atoms with Crippen molar-refractivity contribution in [3.05, 3.63) is 29.3 Å². The Morgan fingerprint density at radius 1 is 1.19 bits per heavy atom. The molecule has 36 heavy (non-hydrogen) atoms. The summed E-state index contributed by atoms with van der Waals surface area (Å²) >= 11 is 6.03. The molecule has 2 atom stereocenters. The number of amidine groups is 1. The second kappa shape index (κ2) is 10.9.